The standard InChI is InChI=1S/C23H26N2O5S/c1-15-14-16(29-2)5-6-17(15)21(26)19-20(18-4-3-13-31-18)25(23(28)22(19)27)8-7-24-9-11-30-12-10-24/h3-6,13-14,20,26H,7-12H2,1-2H3/b21-19-. The second kappa shape index (κ2) is 9.21. The molecule has 2 aromatic rings. The lowest BCUT2D eigenvalue weighted by molar-refractivity contribution is -0.140. The number of Topliss-reactive ketones (excluding diaryl/α,β-unsaturated/α-hetero) is 1. The van der Waals surface area contributed by atoms with Crippen LogP contribution in [0.3, 0.4) is 0 Å². The van der Waals surface area contributed by atoms with E-state index in [4.69, 9.17) is 9.47 Å². The van der Waals surface area contributed by atoms with E-state index >= 15 is 0 Å². The number of carbonyl (C=O) groups is 2. The normalized spacial score (nSPS) is 21.6. The molecule has 2 saturated heterocycles. The van der Waals surface area contributed by atoms with E-state index in [0.29, 0.717) is 37.6 Å². The van der Waals surface area contributed by atoms with Gasteiger partial charge in [-0.15, -0.1) is 11.3 Å². The van der Waals surface area contributed by atoms with Crippen molar-refractivity contribution in [3.8, 4) is 5.75 Å². The summed E-state index contributed by atoms with van der Waals surface area (Å²) >= 11 is 1.47. The number of amides is 1. The number of carbonyl (C=O) groups excluding carboxylic acids is 2. The molecule has 2 fully saturated rings. The van der Waals surface area contributed by atoms with Gasteiger partial charge in [-0.2, -0.15) is 0 Å². The van der Waals surface area contributed by atoms with Crippen LogP contribution in [-0.2, 0) is 14.3 Å². The molecule has 0 aliphatic carbocycles. The predicted molar refractivity (Wildman–Crippen MR) is 118 cm³/mol. The predicted octanol–water partition coefficient (Wildman–Crippen LogP) is 2.82. The van der Waals surface area contributed by atoms with Crippen LogP contribution in [-0.4, -0.2) is 73.1 Å². The van der Waals surface area contributed by atoms with Gasteiger partial charge in [-0.3, -0.25) is 14.5 Å². The molecule has 164 valence electrons. The first-order chi connectivity index (χ1) is 15.0. The Morgan fingerprint density at radius 1 is 1.23 bits per heavy atom. The van der Waals surface area contributed by atoms with Gasteiger partial charge in [-0.05, 0) is 42.1 Å². The average Bonchev–Trinajstić information content (AvgIpc) is 3.40. The van der Waals surface area contributed by atoms with Crippen molar-refractivity contribution < 1.29 is 24.2 Å². The Kier molecular flexibility index (Phi) is 6.41. The van der Waals surface area contributed by atoms with Crippen LogP contribution < -0.4 is 4.74 Å². The van der Waals surface area contributed by atoms with E-state index in [-0.39, 0.29) is 11.3 Å². The molecule has 4 rings (SSSR count). The Morgan fingerprint density at radius 2 is 2.00 bits per heavy atom. The highest BCUT2D eigenvalue weighted by Gasteiger charge is 2.46. The molecule has 3 heterocycles. The smallest absolute Gasteiger partial charge is 0.295 e. The van der Waals surface area contributed by atoms with E-state index in [2.05, 4.69) is 4.90 Å². The van der Waals surface area contributed by atoms with Crippen LogP contribution in [0.2, 0.25) is 0 Å². The summed E-state index contributed by atoms with van der Waals surface area (Å²) in [6.45, 7) is 5.85. The molecular weight excluding hydrogens is 416 g/mol. The molecule has 7 nitrogen and oxygen atoms in total. The Balaban J connectivity index is 1.71. The summed E-state index contributed by atoms with van der Waals surface area (Å²) < 4.78 is 10.6. The first-order valence-electron chi connectivity index (χ1n) is 10.3. The van der Waals surface area contributed by atoms with E-state index in [1.165, 1.54) is 11.3 Å². The minimum atomic E-state index is -0.645. The van der Waals surface area contributed by atoms with Crippen LogP contribution in [0.15, 0.2) is 41.3 Å². The minimum absolute atomic E-state index is 0.141. The van der Waals surface area contributed by atoms with E-state index < -0.39 is 17.7 Å². The number of aryl methyl sites for hydroxylation is 1. The zero-order valence-electron chi connectivity index (χ0n) is 17.7. The zero-order valence-corrected chi connectivity index (χ0v) is 18.5. The first kappa shape index (κ1) is 21.5. The highest BCUT2D eigenvalue weighted by atomic mass is 32.1. The van der Waals surface area contributed by atoms with Crippen LogP contribution >= 0.6 is 11.3 Å². The number of methoxy groups -OCH3 is 1. The quantitative estimate of drug-likeness (QED) is 0.421. The second-order valence-corrected chi connectivity index (χ2v) is 8.62. The Morgan fingerprint density at radius 3 is 2.65 bits per heavy atom. The number of ether oxygens (including phenoxy) is 2. The number of rotatable bonds is 6. The van der Waals surface area contributed by atoms with E-state index in [0.717, 1.165) is 23.5 Å². The van der Waals surface area contributed by atoms with E-state index in [1.807, 2.05) is 24.4 Å². The number of hydrogen-bond donors (Lipinski definition) is 1. The van der Waals surface area contributed by atoms with Crippen molar-refractivity contribution in [3.63, 3.8) is 0 Å². The van der Waals surface area contributed by atoms with Crippen molar-refractivity contribution in [1.29, 1.82) is 0 Å². The molecule has 0 radical (unpaired) electrons. The van der Waals surface area contributed by atoms with Crippen LogP contribution in [0.4, 0.5) is 0 Å². The lowest BCUT2D eigenvalue weighted by Crippen LogP contribution is -2.42. The molecule has 0 saturated carbocycles. The number of likely N-dealkylation sites (tertiary alicyclic amines) is 1. The van der Waals surface area contributed by atoms with Crippen LogP contribution in [0.25, 0.3) is 5.76 Å². The number of ketones is 1. The summed E-state index contributed by atoms with van der Waals surface area (Å²) in [7, 11) is 1.57. The summed E-state index contributed by atoms with van der Waals surface area (Å²) in [6, 6.07) is 8.44. The van der Waals surface area contributed by atoms with E-state index in [9.17, 15) is 14.7 Å². The summed E-state index contributed by atoms with van der Waals surface area (Å²) in [5.74, 6) is -0.701. The molecule has 31 heavy (non-hydrogen) atoms. The van der Waals surface area contributed by atoms with Gasteiger partial charge in [-0.25, -0.2) is 0 Å². The molecule has 2 aliphatic rings. The third-order valence-corrected chi connectivity index (χ3v) is 6.73. The van der Waals surface area contributed by atoms with Gasteiger partial charge in [-0.1, -0.05) is 6.07 Å². The molecular formula is C23H26N2O5S. The number of morpholine rings is 1. The van der Waals surface area contributed by atoms with Gasteiger partial charge in [0.1, 0.15) is 11.5 Å². The van der Waals surface area contributed by atoms with E-state index in [1.54, 1.807) is 30.2 Å². The Hall–Kier alpha value is -2.68. The van der Waals surface area contributed by atoms with Crippen molar-refractivity contribution in [2.45, 2.75) is 13.0 Å². The van der Waals surface area contributed by atoms with Crippen LogP contribution in [0, 0.1) is 6.92 Å². The molecule has 1 amide bonds. The maximum atomic E-state index is 13.1. The van der Waals surface area contributed by atoms with Crippen LogP contribution in [0.5, 0.6) is 5.75 Å². The Bertz CT molecular complexity index is 995. The largest absolute Gasteiger partial charge is 0.507 e. The highest BCUT2D eigenvalue weighted by molar-refractivity contribution is 7.10. The fourth-order valence-corrected chi connectivity index (χ4v) is 4.95. The molecule has 0 bridgehead atoms. The minimum Gasteiger partial charge on any atom is -0.507 e. The second-order valence-electron chi connectivity index (χ2n) is 7.64. The highest BCUT2D eigenvalue weighted by Crippen LogP contribution is 2.41. The number of nitrogens with zero attached hydrogens (tertiary/aromatic N) is 2. The van der Waals surface area contributed by atoms with Crippen molar-refractivity contribution in [3.05, 3.63) is 57.3 Å². The molecule has 1 N–H and O–H groups in total. The van der Waals surface area contributed by atoms with Crippen molar-refractivity contribution in [1.82, 2.24) is 9.80 Å². The fourth-order valence-electron chi connectivity index (χ4n) is 4.10. The average molecular weight is 443 g/mol. The van der Waals surface area contributed by atoms with Gasteiger partial charge >= 0.3 is 0 Å². The van der Waals surface area contributed by atoms with Gasteiger partial charge in [0.15, 0.2) is 0 Å². The molecule has 1 aromatic heterocycles. The van der Waals surface area contributed by atoms with Crippen LogP contribution in [0.1, 0.15) is 22.0 Å². The maximum absolute atomic E-state index is 13.1. The number of aliphatic hydroxyl groups is 1. The third kappa shape index (κ3) is 4.23. The van der Waals surface area contributed by atoms with Gasteiger partial charge in [0.05, 0.1) is 31.9 Å². The summed E-state index contributed by atoms with van der Waals surface area (Å²) in [6.07, 6.45) is 0. The molecule has 1 aromatic carbocycles. The monoisotopic (exact) mass is 442 g/mol. The van der Waals surface area contributed by atoms with Crippen molar-refractivity contribution in [2.75, 3.05) is 46.5 Å². The third-order valence-electron chi connectivity index (χ3n) is 5.80. The molecule has 1 atom stereocenters. The number of hydrogen-bond acceptors (Lipinski definition) is 7. The lowest BCUT2D eigenvalue weighted by atomic mass is 9.97. The van der Waals surface area contributed by atoms with Gasteiger partial charge in [0.25, 0.3) is 11.7 Å². The molecule has 0 spiro atoms. The summed E-state index contributed by atoms with van der Waals surface area (Å²) in [5, 5.41) is 13.1. The Labute approximate surface area is 185 Å². The molecule has 8 heteroatoms. The van der Waals surface area contributed by atoms with Crippen molar-refractivity contribution in [2.24, 2.45) is 0 Å². The van der Waals surface area contributed by atoms with Gasteiger partial charge in [0, 0.05) is 36.6 Å². The number of thiophene rings is 1. The maximum Gasteiger partial charge on any atom is 0.295 e. The summed E-state index contributed by atoms with van der Waals surface area (Å²) in [5.41, 5.74) is 1.43. The number of benzene rings is 1. The lowest BCUT2D eigenvalue weighted by Gasteiger charge is -2.30. The first-order valence-corrected chi connectivity index (χ1v) is 11.2. The van der Waals surface area contributed by atoms with Gasteiger partial charge < -0.3 is 19.5 Å². The SMILES string of the molecule is COc1ccc(/C(O)=C2/C(=O)C(=O)N(CCN3CCOCC3)C2c2cccs2)c(C)c1. The topological polar surface area (TPSA) is 79.3 Å². The summed E-state index contributed by atoms with van der Waals surface area (Å²) in [4.78, 5) is 30.7. The molecule has 2 aliphatic heterocycles. The van der Waals surface area contributed by atoms with Crippen molar-refractivity contribution >= 4 is 28.8 Å². The molecule has 1 unspecified atom stereocenters. The zero-order chi connectivity index (χ0) is 22.0. The van der Waals surface area contributed by atoms with Gasteiger partial charge in [0.2, 0.25) is 0 Å². The fraction of sp³-hybridized carbons (Fsp3) is 0.391. The number of aliphatic hydroxyl groups excluding tert-OH is 1.